The van der Waals surface area contributed by atoms with E-state index in [-0.39, 0.29) is 34.6 Å². The van der Waals surface area contributed by atoms with Crippen molar-refractivity contribution in [3.8, 4) is 18.2 Å². The maximum atomic E-state index is 15.1. The summed E-state index contributed by atoms with van der Waals surface area (Å²) in [6.45, 7) is -0.137. The standard InChI is InChI=1S/C24H24F5N5O3S/c1-4-7-37-19-10-31-18(9-32-19)20(35)33-15-5-6-17(26)16(8-15)23(11-25)14(2)22(3,38-21(30)34-23)12-36-13-24(27,28)29/h1,5-6,8-10,14H,7,11-13H2,2-3H3,(H2,30,34)(H,33,35)/t14-,22-,23+/m1/s1. The predicted molar refractivity (Wildman–Crippen MR) is 132 cm³/mol. The summed E-state index contributed by atoms with van der Waals surface area (Å²) < 4.78 is 76.6. The molecule has 8 nitrogen and oxygen atoms in total. The van der Waals surface area contributed by atoms with Gasteiger partial charge in [-0.05, 0) is 25.1 Å². The van der Waals surface area contributed by atoms with E-state index >= 15 is 4.39 Å². The molecule has 204 valence electrons. The number of terminal acetylenes is 1. The zero-order valence-electron chi connectivity index (χ0n) is 20.3. The van der Waals surface area contributed by atoms with Gasteiger partial charge in [-0.1, -0.05) is 24.6 Å². The summed E-state index contributed by atoms with van der Waals surface area (Å²) in [6.07, 6.45) is 2.88. The number of carbonyl (C=O) groups is 1. The molecule has 0 saturated carbocycles. The van der Waals surface area contributed by atoms with Crippen molar-refractivity contribution in [2.75, 3.05) is 31.8 Å². The highest BCUT2D eigenvalue weighted by Crippen LogP contribution is 2.51. The Labute approximate surface area is 219 Å². The molecule has 3 rings (SSSR count). The summed E-state index contributed by atoms with van der Waals surface area (Å²) in [5, 5.41) is 2.38. The van der Waals surface area contributed by atoms with E-state index in [4.69, 9.17) is 21.6 Å². The second-order valence-corrected chi connectivity index (χ2v) is 10.2. The molecule has 0 radical (unpaired) electrons. The number of halogens is 5. The maximum Gasteiger partial charge on any atom is 0.411 e. The monoisotopic (exact) mass is 557 g/mol. The quantitative estimate of drug-likeness (QED) is 0.353. The molecule has 3 N–H and O–H groups in total. The number of aromatic nitrogens is 2. The van der Waals surface area contributed by atoms with Crippen LogP contribution in [0.2, 0.25) is 0 Å². The first-order valence-electron chi connectivity index (χ1n) is 11.1. The zero-order valence-corrected chi connectivity index (χ0v) is 21.1. The summed E-state index contributed by atoms with van der Waals surface area (Å²) in [7, 11) is 0. The number of amides is 1. The third-order valence-corrected chi connectivity index (χ3v) is 7.23. The molecule has 38 heavy (non-hydrogen) atoms. The molecular weight excluding hydrogens is 533 g/mol. The molecule has 0 spiro atoms. The van der Waals surface area contributed by atoms with Crippen LogP contribution in [-0.4, -0.2) is 58.5 Å². The highest BCUT2D eigenvalue weighted by Gasteiger charge is 2.53. The van der Waals surface area contributed by atoms with Gasteiger partial charge in [-0.25, -0.2) is 23.7 Å². The number of nitrogens with one attached hydrogen (secondary N) is 1. The van der Waals surface area contributed by atoms with Gasteiger partial charge >= 0.3 is 6.18 Å². The Morgan fingerprint density at radius 2 is 2.05 bits per heavy atom. The average molecular weight is 558 g/mol. The Morgan fingerprint density at radius 1 is 1.32 bits per heavy atom. The Morgan fingerprint density at radius 3 is 2.66 bits per heavy atom. The molecule has 0 aliphatic carbocycles. The van der Waals surface area contributed by atoms with E-state index < -0.39 is 54.0 Å². The van der Waals surface area contributed by atoms with Crippen LogP contribution in [0, 0.1) is 24.1 Å². The summed E-state index contributed by atoms with van der Waals surface area (Å²) in [6, 6.07) is 3.47. The lowest BCUT2D eigenvalue weighted by molar-refractivity contribution is -0.176. The van der Waals surface area contributed by atoms with Crippen molar-refractivity contribution in [3.63, 3.8) is 0 Å². The number of nitrogens with two attached hydrogens (primary N) is 1. The van der Waals surface area contributed by atoms with Gasteiger partial charge in [-0.15, -0.1) is 6.42 Å². The van der Waals surface area contributed by atoms with Crippen LogP contribution in [0.3, 0.4) is 0 Å². The van der Waals surface area contributed by atoms with Gasteiger partial charge < -0.3 is 20.5 Å². The summed E-state index contributed by atoms with van der Waals surface area (Å²) in [4.78, 5) is 24.7. The van der Waals surface area contributed by atoms with Gasteiger partial charge in [0.15, 0.2) is 11.8 Å². The van der Waals surface area contributed by atoms with Crippen LogP contribution in [0.15, 0.2) is 35.6 Å². The maximum absolute atomic E-state index is 15.1. The van der Waals surface area contributed by atoms with Crippen LogP contribution >= 0.6 is 11.8 Å². The number of amidine groups is 1. The average Bonchev–Trinajstić information content (AvgIpc) is 2.85. The van der Waals surface area contributed by atoms with Crippen molar-refractivity contribution in [1.82, 2.24) is 9.97 Å². The smallest absolute Gasteiger partial charge is 0.411 e. The lowest BCUT2D eigenvalue weighted by Crippen LogP contribution is -2.53. The Balaban J connectivity index is 1.89. The van der Waals surface area contributed by atoms with Crippen molar-refractivity contribution in [2.45, 2.75) is 30.3 Å². The van der Waals surface area contributed by atoms with Crippen molar-refractivity contribution in [3.05, 3.63) is 47.7 Å². The minimum atomic E-state index is -4.56. The molecule has 2 aromatic rings. The van der Waals surface area contributed by atoms with Gasteiger partial charge in [0.1, 0.15) is 30.3 Å². The molecule has 1 amide bonds. The van der Waals surface area contributed by atoms with E-state index in [0.29, 0.717) is 0 Å². The number of hydrogen-bond donors (Lipinski definition) is 2. The van der Waals surface area contributed by atoms with E-state index in [1.165, 1.54) is 25.3 Å². The first-order chi connectivity index (χ1) is 17.8. The van der Waals surface area contributed by atoms with Crippen LogP contribution in [0.25, 0.3) is 0 Å². The Bertz CT molecular complexity index is 1240. The van der Waals surface area contributed by atoms with Gasteiger partial charge in [0.05, 0.1) is 19.0 Å². The summed E-state index contributed by atoms with van der Waals surface area (Å²) in [5.41, 5.74) is 3.80. The molecule has 14 heteroatoms. The number of hydrogen-bond acceptors (Lipinski definition) is 8. The number of benzene rings is 1. The molecule has 0 fully saturated rings. The lowest BCUT2D eigenvalue weighted by atomic mass is 9.73. The van der Waals surface area contributed by atoms with Crippen LogP contribution in [0.1, 0.15) is 29.9 Å². The normalized spacial score (nSPS) is 23.3. The number of carbonyl (C=O) groups excluding carboxylic acids is 1. The second-order valence-electron chi connectivity index (χ2n) is 8.63. The molecule has 0 saturated heterocycles. The van der Waals surface area contributed by atoms with Crippen molar-refractivity contribution >= 4 is 28.5 Å². The Hall–Kier alpha value is -3.44. The van der Waals surface area contributed by atoms with Crippen molar-refractivity contribution in [2.24, 2.45) is 16.6 Å². The minimum absolute atomic E-state index is 0.0354. The number of ether oxygens (including phenoxy) is 2. The van der Waals surface area contributed by atoms with E-state index in [0.717, 1.165) is 24.0 Å². The van der Waals surface area contributed by atoms with Crippen LogP contribution < -0.4 is 15.8 Å². The predicted octanol–water partition coefficient (Wildman–Crippen LogP) is 4.08. The first-order valence-corrected chi connectivity index (χ1v) is 11.9. The zero-order chi connectivity index (χ0) is 28.1. The van der Waals surface area contributed by atoms with Gasteiger partial charge in [0, 0.05) is 21.9 Å². The summed E-state index contributed by atoms with van der Waals surface area (Å²) in [5.74, 6) is -0.0584. The number of rotatable bonds is 9. The van der Waals surface area contributed by atoms with E-state index in [9.17, 15) is 22.4 Å². The van der Waals surface area contributed by atoms with Gasteiger partial charge in [-0.2, -0.15) is 13.2 Å². The molecule has 1 aliphatic rings. The van der Waals surface area contributed by atoms with Crippen LogP contribution in [-0.2, 0) is 10.3 Å². The van der Waals surface area contributed by atoms with Crippen LogP contribution in [0.5, 0.6) is 5.88 Å². The second kappa shape index (κ2) is 11.5. The number of alkyl halides is 4. The number of aliphatic imine (C=N–C) groups is 1. The number of anilines is 1. The number of nitrogens with zero attached hydrogens (tertiary/aromatic N) is 3. The molecule has 1 aromatic carbocycles. The molecule has 2 heterocycles. The van der Waals surface area contributed by atoms with Crippen molar-refractivity contribution < 1.29 is 36.2 Å². The van der Waals surface area contributed by atoms with Gasteiger partial charge in [0.25, 0.3) is 5.91 Å². The van der Waals surface area contributed by atoms with E-state index in [1.807, 2.05) is 0 Å². The van der Waals surface area contributed by atoms with E-state index in [2.05, 4.69) is 26.2 Å². The number of thioether (sulfide) groups is 1. The first kappa shape index (κ1) is 29.1. The minimum Gasteiger partial charge on any atom is -0.463 e. The molecule has 0 bridgehead atoms. The summed E-state index contributed by atoms with van der Waals surface area (Å²) >= 11 is 0.924. The third-order valence-electron chi connectivity index (χ3n) is 5.99. The van der Waals surface area contributed by atoms with Crippen molar-refractivity contribution in [1.29, 1.82) is 0 Å². The SMILES string of the molecule is C#CCOc1cnc(C(=O)Nc2ccc(F)c([C@@]3(CF)N=C(N)S[C@](C)(COCC(F)(F)F)[C@H]3C)c2)cn1. The fourth-order valence-corrected chi connectivity index (χ4v) is 5.14. The highest BCUT2D eigenvalue weighted by molar-refractivity contribution is 8.15. The lowest BCUT2D eigenvalue weighted by Gasteiger charge is -2.47. The van der Waals surface area contributed by atoms with Gasteiger partial charge in [0.2, 0.25) is 5.88 Å². The topological polar surface area (TPSA) is 112 Å². The largest absolute Gasteiger partial charge is 0.463 e. The molecule has 1 aliphatic heterocycles. The highest BCUT2D eigenvalue weighted by atomic mass is 32.2. The third kappa shape index (κ3) is 6.51. The molecular formula is C24H24F5N5O3S. The molecule has 3 atom stereocenters. The van der Waals surface area contributed by atoms with E-state index in [1.54, 1.807) is 6.92 Å². The fourth-order valence-electron chi connectivity index (χ4n) is 3.94. The Kier molecular flexibility index (Phi) is 8.83. The fraction of sp³-hybridized carbons (Fsp3) is 0.417. The van der Waals surface area contributed by atoms with Crippen LogP contribution in [0.4, 0.5) is 27.6 Å². The molecule has 1 aromatic heterocycles. The molecule has 0 unspecified atom stereocenters. The van der Waals surface area contributed by atoms with Gasteiger partial charge in [-0.3, -0.25) is 4.79 Å².